The lowest BCUT2D eigenvalue weighted by molar-refractivity contribution is 0.0500. The zero-order valence-corrected chi connectivity index (χ0v) is 12.5. The first-order valence-corrected chi connectivity index (χ1v) is 7.07. The number of carbonyl (C=O) groups is 1. The first kappa shape index (κ1) is 15.7. The molecule has 1 aromatic heterocycles. The average Bonchev–Trinajstić information content (AvgIpc) is 2.51. The molecule has 0 aliphatic rings. The van der Waals surface area contributed by atoms with Crippen LogP contribution >= 0.6 is 0 Å². The molecule has 0 aliphatic heterocycles. The van der Waals surface area contributed by atoms with E-state index in [2.05, 4.69) is 20.5 Å². The fourth-order valence-corrected chi connectivity index (χ4v) is 1.76. The van der Waals surface area contributed by atoms with Crippen LogP contribution in [0.1, 0.15) is 35.8 Å². The summed E-state index contributed by atoms with van der Waals surface area (Å²) in [6.45, 7) is 4.16. The van der Waals surface area contributed by atoms with E-state index in [1.807, 2.05) is 6.92 Å². The Hall–Kier alpha value is -2.70. The second kappa shape index (κ2) is 7.35. The van der Waals surface area contributed by atoms with Crippen molar-refractivity contribution in [3.05, 3.63) is 46.0 Å². The molecule has 0 fully saturated rings. The Balaban J connectivity index is 2.13. The molecule has 0 spiro atoms. The second-order valence-electron chi connectivity index (χ2n) is 4.77. The Bertz CT molecular complexity index is 712. The summed E-state index contributed by atoms with van der Waals surface area (Å²) in [6, 6.07) is 6.83. The normalized spacial score (nSPS) is 10.3. The molecule has 0 saturated heterocycles. The minimum absolute atomic E-state index is 0.347. The van der Waals surface area contributed by atoms with Crippen LogP contribution < -0.4 is 11.0 Å². The number of esters is 1. The van der Waals surface area contributed by atoms with Crippen LogP contribution in [0.3, 0.4) is 0 Å². The lowest BCUT2D eigenvalue weighted by atomic mass is 10.2. The molecule has 7 nitrogen and oxygen atoms in total. The average molecular weight is 302 g/mol. The molecule has 22 heavy (non-hydrogen) atoms. The summed E-state index contributed by atoms with van der Waals surface area (Å²) in [5, 5.41) is 9.06. The van der Waals surface area contributed by atoms with E-state index in [-0.39, 0.29) is 5.97 Å². The smallest absolute Gasteiger partial charge is 0.363 e. The van der Waals surface area contributed by atoms with Crippen LogP contribution in [0, 0.1) is 6.92 Å². The lowest BCUT2D eigenvalue weighted by Crippen LogP contribution is -2.15. The van der Waals surface area contributed by atoms with Gasteiger partial charge in [0.2, 0.25) is 0 Å². The molecule has 0 unspecified atom stereocenters. The summed E-state index contributed by atoms with van der Waals surface area (Å²) in [7, 11) is 0. The number of H-pyrrole nitrogens is 1. The van der Waals surface area contributed by atoms with Crippen molar-refractivity contribution in [1.82, 2.24) is 15.2 Å². The van der Waals surface area contributed by atoms with Crippen LogP contribution in [0.4, 0.5) is 11.5 Å². The van der Waals surface area contributed by atoms with Gasteiger partial charge in [-0.2, -0.15) is 10.1 Å². The highest BCUT2D eigenvalue weighted by Crippen LogP contribution is 2.17. The van der Waals surface area contributed by atoms with Gasteiger partial charge in [-0.05, 0) is 31.5 Å². The Morgan fingerprint density at radius 3 is 3.00 bits per heavy atom. The maximum absolute atomic E-state index is 11.9. The first-order chi connectivity index (χ1) is 10.6. The molecule has 116 valence electrons. The summed E-state index contributed by atoms with van der Waals surface area (Å²) in [4.78, 5) is 26.9. The molecular formula is C15H18N4O3. The van der Waals surface area contributed by atoms with E-state index in [1.165, 1.54) is 0 Å². The number of benzene rings is 1. The zero-order chi connectivity index (χ0) is 15.9. The van der Waals surface area contributed by atoms with Gasteiger partial charge in [0, 0.05) is 5.69 Å². The van der Waals surface area contributed by atoms with Crippen molar-refractivity contribution in [2.45, 2.75) is 26.7 Å². The third-order valence-corrected chi connectivity index (χ3v) is 2.97. The van der Waals surface area contributed by atoms with E-state index in [1.54, 1.807) is 31.2 Å². The molecule has 0 amide bonds. The minimum Gasteiger partial charge on any atom is -0.462 e. The van der Waals surface area contributed by atoms with Crippen LogP contribution in [0.15, 0.2) is 29.1 Å². The standard InChI is InChI=1S/C15H18N4O3/c1-3-4-8-22-14(20)11-6-5-7-12(9-11)16-13-10(2)18-19-15(21)17-13/h5-7,9H,3-4,8H2,1-2H3,(H2,16,17,19,21). The highest BCUT2D eigenvalue weighted by Gasteiger charge is 2.09. The minimum atomic E-state index is -0.539. The number of carbonyl (C=O) groups excluding carboxylic acids is 1. The maximum atomic E-state index is 11.9. The number of aromatic nitrogens is 3. The van der Waals surface area contributed by atoms with E-state index < -0.39 is 5.69 Å². The van der Waals surface area contributed by atoms with Gasteiger partial charge >= 0.3 is 11.7 Å². The molecule has 2 N–H and O–H groups in total. The molecule has 0 atom stereocenters. The van der Waals surface area contributed by atoms with E-state index in [0.717, 1.165) is 12.8 Å². The Labute approximate surface area is 127 Å². The van der Waals surface area contributed by atoms with Gasteiger partial charge in [-0.25, -0.2) is 14.7 Å². The third kappa shape index (κ3) is 4.15. The topological polar surface area (TPSA) is 97.0 Å². The highest BCUT2D eigenvalue weighted by atomic mass is 16.5. The zero-order valence-electron chi connectivity index (χ0n) is 12.5. The molecule has 1 aromatic carbocycles. The lowest BCUT2D eigenvalue weighted by Gasteiger charge is -2.09. The number of hydrogen-bond acceptors (Lipinski definition) is 6. The predicted octanol–water partition coefficient (Wildman–Crippen LogP) is 2.17. The van der Waals surface area contributed by atoms with Crippen molar-refractivity contribution in [2.75, 3.05) is 11.9 Å². The van der Waals surface area contributed by atoms with Crippen LogP contribution in [0.25, 0.3) is 0 Å². The van der Waals surface area contributed by atoms with Gasteiger partial charge in [-0.15, -0.1) is 0 Å². The summed E-state index contributed by atoms with van der Waals surface area (Å²) < 4.78 is 5.17. The molecule has 0 saturated carbocycles. The fourth-order valence-electron chi connectivity index (χ4n) is 1.76. The number of unbranched alkanes of at least 4 members (excludes halogenated alkanes) is 1. The summed E-state index contributed by atoms with van der Waals surface area (Å²) in [5.41, 5.74) is 1.09. The SMILES string of the molecule is CCCCOC(=O)c1cccc(Nc2nc(=O)[nH]nc2C)c1. The van der Waals surface area contributed by atoms with Gasteiger partial charge in [-0.1, -0.05) is 19.4 Å². The summed E-state index contributed by atoms with van der Waals surface area (Å²) >= 11 is 0. The predicted molar refractivity (Wildman–Crippen MR) is 82.3 cm³/mol. The number of anilines is 2. The summed E-state index contributed by atoms with van der Waals surface area (Å²) in [5.74, 6) is -0.0222. The number of aryl methyl sites for hydroxylation is 1. The molecule has 0 bridgehead atoms. The quantitative estimate of drug-likeness (QED) is 0.627. The van der Waals surface area contributed by atoms with Crippen LogP contribution in [-0.2, 0) is 4.74 Å². The van der Waals surface area contributed by atoms with Crippen molar-refractivity contribution in [3.63, 3.8) is 0 Å². The molecule has 1 heterocycles. The van der Waals surface area contributed by atoms with Crippen molar-refractivity contribution < 1.29 is 9.53 Å². The molecule has 2 aromatic rings. The second-order valence-corrected chi connectivity index (χ2v) is 4.77. The van der Waals surface area contributed by atoms with Crippen LogP contribution in [0.2, 0.25) is 0 Å². The van der Waals surface area contributed by atoms with E-state index in [0.29, 0.717) is 29.4 Å². The van der Waals surface area contributed by atoms with Gasteiger partial charge in [0.15, 0.2) is 5.82 Å². The number of ether oxygens (including phenoxy) is 1. The highest BCUT2D eigenvalue weighted by molar-refractivity contribution is 5.90. The van der Waals surface area contributed by atoms with Gasteiger partial charge in [0.05, 0.1) is 12.2 Å². The third-order valence-electron chi connectivity index (χ3n) is 2.97. The Morgan fingerprint density at radius 1 is 1.41 bits per heavy atom. The van der Waals surface area contributed by atoms with Crippen molar-refractivity contribution >= 4 is 17.5 Å². The summed E-state index contributed by atoms with van der Waals surface area (Å²) in [6.07, 6.45) is 1.81. The molecule has 0 radical (unpaired) electrons. The van der Waals surface area contributed by atoms with Gasteiger partial charge < -0.3 is 10.1 Å². The van der Waals surface area contributed by atoms with Crippen LogP contribution in [-0.4, -0.2) is 27.8 Å². The van der Waals surface area contributed by atoms with Crippen molar-refractivity contribution in [3.8, 4) is 0 Å². The van der Waals surface area contributed by atoms with Crippen molar-refractivity contribution in [1.29, 1.82) is 0 Å². The molecule has 2 rings (SSSR count). The number of nitrogens with zero attached hydrogens (tertiary/aromatic N) is 2. The maximum Gasteiger partial charge on any atom is 0.363 e. The Kier molecular flexibility index (Phi) is 5.24. The molecule has 0 aliphatic carbocycles. The first-order valence-electron chi connectivity index (χ1n) is 7.07. The van der Waals surface area contributed by atoms with Gasteiger partial charge in [0.25, 0.3) is 0 Å². The monoisotopic (exact) mass is 302 g/mol. The number of aromatic amines is 1. The number of hydrogen-bond donors (Lipinski definition) is 2. The number of rotatable bonds is 6. The van der Waals surface area contributed by atoms with E-state index in [4.69, 9.17) is 4.74 Å². The van der Waals surface area contributed by atoms with Crippen molar-refractivity contribution in [2.24, 2.45) is 0 Å². The molecular weight excluding hydrogens is 284 g/mol. The molecule has 7 heteroatoms. The largest absolute Gasteiger partial charge is 0.462 e. The van der Waals surface area contributed by atoms with Gasteiger partial charge in [-0.3, -0.25) is 0 Å². The Morgan fingerprint density at radius 2 is 2.23 bits per heavy atom. The van der Waals surface area contributed by atoms with Gasteiger partial charge in [0.1, 0.15) is 5.69 Å². The van der Waals surface area contributed by atoms with E-state index in [9.17, 15) is 9.59 Å². The van der Waals surface area contributed by atoms with E-state index >= 15 is 0 Å². The van der Waals surface area contributed by atoms with Crippen LogP contribution in [0.5, 0.6) is 0 Å². The fraction of sp³-hybridized carbons (Fsp3) is 0.333. The number of nitrogens with one attached hydrogen (secondary N) is 2.